The lowest BCUT2D eigenvalue weighted by atomic mass is 10.2. The molecule has 1 rings (SSSR count). The van der Waals surface area contributed by atoms with Gasteiger partial charge in [0.15, 0.2) is 8.32 Å². The summed E-state index contributed by atoms with van der Waals surface area (Å²) in [6, 6.07) is -0.392. The first-order valence-corrected chi connectivity index (χ1v) is 10.5. The van der Waals surface area contributed by atoms with E-state index in [1.807, 2.05) is 0 Å². The van der Waals surface area contributed by atoms with Crippen molar-refractivity contribution in [2.24, 2.45) is 0 Å². The minimum atomic E-state index is -1.93. The van der Waals surface area contributed by atoms with Gasteiger partial charge >= 0.3 is 6.09 Å². The highest BCUT2D eigenvalue weighted by Crippen LogP contribution is 2.36. The second-order valence-electron chi connectivity index (χ2n) is 8.19. The van der Waals surface area contributed by atoms with Crippen LogP contribution in [-0.2, 0) is 14.0 Å². The smallest absolute Gasteiger partial charge is 0.417 e. The van der Waals surface area contributed by atoms with E-state index in [4.69, 9.17) is 9.16 Å². The molecular weight excluding hydrogens is 298 g/mol. The number of hydrogen-bond donors (Lipinski definition) is 0. The molecule has 1 atom stereocenters. The van der Waals surface area contributed by atoms with E-state index in [2.05, 4.69) is 33.9 Å². The number of carbonyl (C=O) groups excluding carboxylic acids is 2. The molecule has 0 unspecified atom stereocenters. The van der Waals surface area contributed by atoms with Crippen LogP contribution in [0.25, 0.3) is 0 Å². The van der Waals surface area contributed by atoms with Crippen LogP contribution in [-0.4, -0.2) is 43.5 Å². The van der Waals surface area contributed by atoms with E-state index < -0.39 is 26.1 Å². The predicted octanol–water partition coefficient (Wildman–Crippen LogP) is 3.71. The predicted molar refractivity (Wildman–Crippen MR) is 89.2 cm³/mol. The molecule has 5 nitrogen and oxygen atoms in total. The zero-order valence-corrected chi connectivity index (χ0v) is 16.0. The van der Waals surface area contributed by atoms with E-state index in [-0.39, 0.29) is 10.9 Å². The van der Waals surface area contributed by atoms with Crippen molar-refractivity contribution in [2.45, 2.75) is 71.3 Å². The van der Waals surface area contributed by atoms with Gasteiger partial charge in [-0.25, -0.2) is 9.69 Å². The second kappa shape index (κ2) is 6.16. The summed E-state index contributed by atoms with van der Waals surface area (Å²) in [4.78, 5) is 25.3. The number of ether oxygens (including phenoxy) is 1. The average molecular weight is 327 g/mol. The first kappa shape index (κ1) is 18.9. The van der Waals surface area contributed by atoms with Gasteiger partial charge in [0.1, 0.15) is 5.60 Å². The van der Waals surface area contributed by atoms with Gasteiger partial charge in [-0.3, -0.25) is 4.79 Å². The Morgan fingerprint density at radius 2 is 1.77 bits per heavy atom. The molecule has 126 valence electrons. The minimum absolute atomic E-state index is 0.0794. The molecular formula is C16H29NO4Si. The van der Waals surface area contributed by atoms with Gasteiger partial charge in [-0.15, -0.1) is 0 Å². The van der Waals surface area contributed by atoms with Gasteiger partial charge in [0.25, 0.3) is 5.91 Å². The summed E-state index contributed by atoms with van der Waals surface area (Å²) in [6.07, 6.45) is 2.49. The van der Waals surface area contributed by atoms with Crippen LogP contribution in [0.1, 0.15) is 41.5 Å². The quantitative estimate of drug-likeness (QED) is 0.742. The lowest BCUT2D eigenvalue weighted by Crippen LogP contribution is -2.48. The summed E-state index contributed by atoms with van der Waals surface area (Å²) in [6.45, 7) is 16.4. The lowest BCUT2D eigenvalue weighted by molar-refractivity contribution is -0.125. The maximum atomic E-state index is 12.2. The Morgan fingerprint density at radius 3 is 2.23 bits per heavy atom. The molecule has 0 bridgehead atoms. The molecule has 0 saturated heterocycles. The van der Waals surface area contributed by atoms with Crippen LogP contribution in [0.4, 0.5) is 4.79 Å². The zero-order chi connectivity index (χ0) is 17.3. The maximum Gasteiger partial charge on any atom is 0.417 e. The Labute approximate surface area is 134 Å². The molecule has 0 aromatic rings. The summed E-state index contributed by atoms with van der Waals surface area (Å²) in [5.41, 5.74) is -0.634. The Hall–Kier alpha value is -1.14. The van der Waals surface area contributed by atoms with Crippen LogP contribution in [0, 0.1) is 0 Å². The molecule has 1 aliphatic rings. The summed E-state index contributed by atoms with van der Waals surface area (Å²) in [7, 11) is -1.93. The Morgan fingerprint density at radius 1 is 1.23 bits per heavy atom. The van der Waals surface area contributed by atoms with Crippen molar-refractivity contribution in [3.8, 4) is 0 Å². The topological polar surface area (TPSA) is 55.8 Å². The van der Waals surface area contributed by atoms with E-state index in [1.165, 1.54) is 6.08 Å². The van der Waals surface area contributed by atoms with Crippen molar-refractivity contribution < 1.29 is 18.8 Å². The molecule has 0 fully saturated rings. The van der Waals surface area contributed by atoms with Crippen molar-refractivity contribution in [1.82, 2.24) is 4.90 Å². The second-order valence-corrected chi connectivity index (χ2v) is 13.0. The summed E-state index contributed by atoms with van der Waals surface area (Å²) < 4.78 is 11.4. The Kier molecular flexibility index (Phi) is 5.29. The van der Waals surface area contributed by atoms with E-state index in [0.717, 1.165) is 4.90 Å². The SMILES string of the molecule is CC(C)(C)OC(=O)N1C(=O)C=C[C@H]1CO[Si](C)(C)C(C)(C)C. The van der Waals surface area contributed by atoms with Gasteiger partial charge in [0, 0.05) is 6.08 Å². The summed E-state index contributed by atoms with van der Waals surface area (Å²) in [5.74, 6) is -0.349. The number of carbonyl (C=O) groups is 2. The fourth-order valence-electron chi connectivity index (χ4n) is 1.70. The molecule has 0 aromatic heterocycles. The zero-order valence-electron chi connectivity index (χ0n) is 15.0. The molecule has 6 heteroatoms. The van der Waals surface area contributed by atoms with Gasteiger partial charge in [0.2, 0.25) is 0 Å². The molecule has 0 radical (unpaired) electrons. The molecule has 1 aliphatic heterocycles. The third-order valence-electron chi connectivity index (χ3n) is 4.04. The van der Waals surface area contributed by atoms with Crippen LogP contribution >= 0.6 is 0 Å². The molecule has 0 N–H and O–H groups in total. The van der Waals surface area contributed by atoms with Gasteiger partial charge < -0.3 is 9.16 Å². The maximum absolute atomic E-state index is 12.2. The Balaban J connectivity index is 2.76. The van der Waals surface area contributed by atoms with E-state index in [0.29, 0.717) is 6.61 Å². The fraction of sp³-hybridized carbons (Fsp3) is 0.750. The number of hydrogen-bond acceptors (Lipinski definition) is 4. The Bertz CT molecular complexity index is 472. The third kappa shape index (κ3) is 4.68. The van der Waals surface area contributed by atoms with Crippen LogP contribution in [0.3, 0.4) is 0 Å². The average Bonchev–Trinajstić information content (AvgIpc) is 2.64. The van der Waals surface area contributed by atoms with Crippen LogP contribution < -0.4 is 0 Å². The molecule has 0 saturated carbocycles. The van der Waals surface area contributed by atoms with Crippen molar-refractivity contribution in [3.05, 3.63) is 12.2 Å². The summed E-state index contributed by atoms with van der Waals surface area (Å²) in [5, 5.41) is 0.0794. The molecule has 0 spiro atoms. The molecule has 22 heavy (non-hydrogen) atoms. The number of amides is 2. The minimum Gasteiger partial charge on any atom is -0.443 e. The highest BCUT2D eigenvalue weighted by molar-refractivity contribution is 6.74. The monoisotopic (exact) mass is 327 g/mol. The van der Waals surface area contributed by atoms with Crippen LogP contribution in [0.5, 0.6) is 0 Å². The third-order valence-corrected chi connectivity index (χ3v) is 8.54. The van der Waals surface area contributed by atoms with E-state index in [1.54, 1.807) is 26.8 Å². The highest BCUT2D eigenvalue weighted by Gasteiger charge is 2.40. The normalized spacial score (nSPS) is 19.7. The number of nitrogens with zero attached hydrogens (tertiary/aromatic N) is 1. The lowest BCUT2D eigenvalue weighted by Gasteiger charge is -2.37. The van der Waals surface area contributed by atoms with Gasteiger partial charge in [-0.05, 0) is 38.9 Å². The van der Waals surface area contributed by atoms with Crippen molar-refractivity contribution in [2.75, 3.05) is 6.61 Å². The number of imide groups is 1. The summed E-state index contributed by atoms with van der Waals surface area (Å²) >= 11 is 0. The molecule has 0 aromatic carbocycles. The van der Waals surface area contributed by atoms with Gasteiger partial charge in [-0.2, -0.15) is 0 Å². The standard InChI is InChI=1S/C16H29NO4Si/c1-15(2,3)21-14(19)17-12(9-10-13(17)18)11-20-22(7,8)16(4,5)6/h9-10,12H,11H2,1-8H3/t12-/m0/s1. The molecule has 0 aliphatic carbocycles. The first-order chi connectivity index (χ1) is 9.74. The van der Waals surface area contributed by atoms with E-state index in [9.17, 15) is 9.59 Å². The largest absolute Gasteiger partial charge is 0.443 e. The number of rotatable bonds is 3. The molecule has 1 heterocycles. The van der Waals surface area contributed by atoms with Crippen molar-refractivity contribution in [3.63, 3.8) is 0 Å². The van der Waals surface area contributed by atoms with Crippen LogP contribution in [0.2, 0.25) is 18.1 Å². The van der Waals surface area contributed by atoms with Gasteiger partial charge in [-0.1, -0.05) is 26.8 Å². The van der Waals surface area contributed by atoms with Crippen molar-refractivity contribution in [1.29, 1.82) is 0 Å². The fourth-order valence-corrected chi connectivity index (χ4v) is 2.72. The first-order valence-electron chi connectivity index (χ1n) is 7.63. The van der Waals surface area contributed by atoms with Gasteiger partial charge in [0.05, 0.1) is 12.6 Å². The van der Waals surface area contributed by atoms with Crippen molar-refractivity contribution >= 4 is 20.3 Å². The van der Waals surface area contributed by atoms with E-state index >= 15 is 0 Å². The van der Waals surface area contributed by atoms with Crippen LogP contribution in [0.15, 0.2) is 12.2 Å². The molecule has 2 amide bonds. The highest BCUT2D eigenvalue weighted by atomic mass is 28.4.